The third-order valence-electron chi connectivity index (χ3n) is 8.23. The third kappa shape index (κ3) is 5.24. The normalized spacial score (nSPS) is 23.8. The fraction of sp³-hybridized carbons (Fsp3) is 0.500. The molecule has 39 heavy (non-hydrogen) atoms. The molecule has 3 aromatic rings. The number of benzene rings is 1. The van der Waals surface area contributed by atoms with Gasteiger partial charge in [-0.2, -0.15) is 9.97 Å². The molecule has 3 aliphatic rings. The number of carbonyl (C=O) groups is 1. The van der Waals surface area contributed by atoms with Gasteiger partial charge in [0.25, 0.3) is 0 Å². The molecule has 1 aromatic carbocycles. The van der Waals surface area contributed by atoms with E-state index < -0.39 is 12.0 Å². The molecule has 1 amide bonds. The maximum atomic E-state index is 15.1. The van der Waals surface area contributed by atoms with Crippen LogP contribution in [0.4, 0.5) is 13.6 Å². The number of halogens is 3. The minimum absolute atomic E-state index is 0.0481. The van der Waals surface area contributed by atoms with Crippen molar-refractivity contribution in [2.75, 3.05) is 32.8 Å². The number of fused-ring (bicyclic) bond motifs is 2. The van der Waals surface area contributed by atoms with E-state index in [2.05, 4.69) is 14.9 Å². The first-order valence-electron chi connectivity index (χ1n) is 13.4. The van der Waals surface area contributed by atoms with Crippen LogP contribution in [0, 0.1) is 5.82 Å². The molecule has 6 rings (SSSR count). The predicted octanol–water partition coefficient (Wildman–Crippen LogP) is 5.29. The molecule has 0 spiro atoms. The van der Waals surface area contributed by atoms with E-state index in [1.165, 1.54) is 6.20 Å². The molecule has 206 valence electrons. The SMILES string of the molecule is O=C(OCc1ccccc1)N1CCC(c2nc(OC[C@@]34CCCN3C[C@H](F)C4)nc3c(F)c(Cl)ncc23)CC1. The number of piperidine rings is 1. The summed E-state index contributed by atoms with van der Waals surface area (Å²) in [6, 6.07) is 9.58. The summed E-state index contributed by atoms with van der Waals surface area (Å²) >= 11 is 5.98. The summed E-state index contributed by atoms with van der Waals surface area (Å²) in [6.07, 6.45) is 3.71. The number of carbonyl (C=O) groups excluding carboxylic acids is 1. The number of likely N-dealkylation sites (tertiary alicyclic amines) is 1. The summed E-state index contributed by atoms with van der Waals surface area (Å²) < 4.78 is 40.8. The Morgan fingerprint density at radius 2 is 1.95 bits per heavy atom. The van der Waals surface area contributed by atoms with Gasteiger partial charge in [0, 0.05) is 43.6 Å². The van der Waals surface area contributed by atoms with Crippen LogP contribution in [0.15, 0.2) is 36.5 Å². The fourth-order valence-corrected chi connectivity index (χ4v) is 6.34. The van der Waals surface area contributed by atoms with Gasteiger partial charge in [0.15, 0.2) is 11.0 Å². The number of nitrogens with zero attached hydrogens (tertiary/aromatic N) is 5. The number of rotatable bonds is 6. The van der Waals surface area contributed by atoms with Gasteiger partial charge >= 0.3 is 12.1 Å². The second-order valence-corrected chi connectivity index (χ2v) is 11.0. The molecule has 0 aliphatic carbocycles. The van der Waals surface area contributed by atoms with Crippen LogP contribution in [0.3, 0.4) is 0 Å². The molecule has 5 heterocycles. The van der Waals surface area contributed by atoms with E-state index in [1.54, 1.807) is 4.90 Å². The number of pyridine rings is 1. The minimum atomic E-state index is -0.881. The summed E-state index contributed by atoms with van der Waals surface area (Å²) in [5.41, 5.74) is 1.22. The smallest absolute Gasteiger partial charge is 0.410 e. The van der Waals surface area contributed by atoms with Gasteiger partial charge < -0.3 is 14.4 Å². The Kier molecular flexibility index (Phi) is 7.24. The quantitative estimate of drug-likeness (QED) is 0.381. The number of ether oxygens (including phenoxy) is 2. The molecular weight excluding hydrogens is 528 g/mol. The second-order valence-electron chi connectivity index (χ2n) is 10.7. The lowest BCUT2D eigenvalue weighted by Crippen LogP contribution is -2.43. The highest BCUT2D eigenvalue weighted by Crippen LogP contribution is 2.41. The van der Waals surface area contributed by atoms with Gasteiger partial charge in [0.2, 0.25) is 0 Å². The van der Waals surface area contributed by atoms with Crippen LogP contribution in [0.25, 0.3) is 10.9 Å². The largest absolute Gasteiger partial charge is 0.461 e. The number of amides is 1. The maximum Gasteiger partial charge on any atom is 0.410 e. The third-order valence-corrected chi connectivity index (χ3v) is 8.49. The van der Waals surface area contributed by atoms with Crippen LogP contribution in [0.2, 0.25) is 5.15 Å². The van der Waals surface area contributed by atoms with E-state index in [-0.39, 0.29) is 47.4 Å². The van der Waals surface area contributed by atoms with Gasteiger partial charge in [-0.25, -0.2) is 18.6 Å². The van der Waals surface area contributed by atoms with Crippen molar-refractivity contribution in [2.45, 2.75) is 56.3 Å². The Balaban J connectivity index is 1.18. The Bertz CT molecular complexity index is 1360. The first-order chi connectivity index (χ1) is 18.9. The van der Waals surface area contributed by atoms with Crippen molar-refractivity contribution in [1.29, 1.82) is 0 Å². The zero-order chi connectivity index (χ0) is 27.0. The molecule has 11 heteroatoms. The minimum Gasteiger partial charge on any atom is -0.461 e. The van der Waals surface area contributed by atoms with Crippen molar-refractivity contribution in [3.05, 3.63) is 58.8 Å². The molecule has 0 bridgehead atoms. The van der Waals surface area contributed by atoms with E-state index in [9.17, 15) is 9.18 Å². The van der Waals surface area contributed by atoms with Gasteiger partial charge in [-0.1, -0.05) is 41.9 Å². The van der Waals surface area contributed by atoms with Gasteiger partial charge in [0.1, 0.15) is 24.9 Å². The Hall–Kier alpha value is -3.11. The lowest BCUT2D eigenvalue weighted by atomic mass is 9.91. The Labute approximate surface area is 230 Å². The number of aromatic nitrogens is 3. The van der Waals surface area contributed by atoms with Gasteiger partial charge in [0.05, 0.1) is 11.2 Å². The van der Waals surface area contributed by atoms with E-state index >= 15 is 4.39 Å². The van der Waals surface area contributed by atoms with Crippen LogP contribution in [0.5, 0.6) is 6.01 Å². The molecule has 3 saturated heterocycles. The Morgan fingerprint density at radius 1 is 1.15 bits per heavy atom. The zero-order valence-corrected chi connectivity index (χ0v) is 22.2. The van der Waals surface area contributed by atoms with Gasteiger partial charge in [-0.05, 0) is 37.8 Å². The molecule has 3 aliphatic heterocycles. The highest BCUT2D eigenvalue weighted by atomic mass is 35.5. The molecular formula is C28H30ClF2N5O3. The van der Waals surface area contributed by atoms with Crippen LogP contribution in [0.1, 0.15) is 49.3 Å². The van der Waals surface area contributed by atoms with Crippen molar-refractivity contribution >= 4 is 28.6 Å². The fourth-order valence-electron chi connectivity index (χ4n) is 6.21. The molecule has 2 atom stereocenters. The highest BCUT2D eigenvalue weighted by Gasteiger charge is 2.49. The maximum absolute atomic E-state index is 15.1. The number of hydrogen-bond donors (Lipinski definition) is 0. The topological polar surface area (TPSA) is 80.7 Å². The summed E-state index contributed by atoms with van der Waals surface area (Å²) in [5.74, 6) is -0.795. The van der Waals surface area contributed by atoms with E-state index in [4.69, 9.17) is 26.1 Å². The summed E-state index contributed by atoms with van der Waals surface area (Å²) in [4.78, 5) is 29.5. The second kappa shape index (κ2) is 10.8. The first kappa shape index (κ1) is 26.1. The molecule has 3 fully saturated rings. The summed E-state index contributed by atoms with van der Waals surface area (Å²) in [5, 5.41) is 0.199. The van der Waals surface area contributed by atoms with Crippen molar-refractivity contribution in [2.24, 2.45) is 0 Å². The predicted molar refractivity (Wildman–Crippen MR) is 141 cm³/mol. The monoisotopic (exact) mass is 557 g/mol. The summed E-state index contributed by atoms with van der Waals surface area (Å²) in [7, 11) is 0. The van der Waals surface area contributed by atoms with E-state index in [0.717, 1.165) is 24.9 Å². The number of hydrogen-bond acceptors (Lipinski definition) is 7. The van der Waals surface area contributed by atoms with Crippen molar-refractivity contribution in [3.8, 4) is 6.01 Å². The van der Waals surface area contributed by atoms with Crippen LogP contribution in [-0.2, 0) is 11.3 Å². The van der Waals surface area contributed by atoms with Crippen LogP contribution >= 0.6 is 11.6 Å². The van der Waals surface area contributed by atoms with Gasteiger partial charge in [-0.15, -0.1) is 0 Å². The summed E-state index contributed by atoms with van der Waals surface area (Å²) in [6.45, 7) is 2.65. The molecule has 0 unspecified atom stereocenters. The Morgan fingerprint density at radius 3 is 2.74 bits per heavy atom. The van der Waals surface area contributed by atoms with Crippen molar-refractivity contribution in [1.82, 2.24) is 24.8 Å². The molecule has 2 aromatic heterocycles. The van der Waals surface area contributed by atoms with Crippen molar-refractivity contribution < 1.29 is 23.0 Å². The standard InChI is InChI=1S/C28H30ClF2N5O3/c29-25-22(31)24-21(14-32-25)23(33-26(34-24)39-17-28-9-4-10-36(28)15-20(30)13-28)19-7-11-35(12-8-19)27(37)38-16-18-5-2-1-3-6-18/h1-3,5-6,14,19-20H,4,7-13,15-17H2/t20-,28+/m1/s1. The van der Waals surface area contributed by atoms with E-state index in [1.807, 2.05) is 30.3 Å². The molecule has 8 nitrogen and oxygen atoms in total. The van der Waals surface area contributed by atoms with E-state index in [0.29, 0.717) is 50.0 Å². The molecule has 0 N–H and O–H groups in total. The zero-order valence-electron chi connectivity index (χ0n) is 21.5. The molecule has 0 radical (unpaired) electrons. The first-order valence-corrected chi connectivity index (χ1v) is 13.8. The lowest BCUT2D eigenvalue weighted by Gasteiger charge is -2.32. The lowest BCUT2D eigenvalue weighted by molar-refractivity contribution is 0.0867. The average molecular weight is 558 g/mol. The van der Waals surface area contributed by atoms with Crippen molar-refractivity contribution in [3.63, 3.8) is 0 Å². The van der Waals surface area contributed by atoms with Gasteiger partial charge in [-0.3, -0.25) is 4.90 Å². The highest BCUT2D eigenvalue weighted by molar-refractivity contribution is 6.30. The molecule has 0 saturated carbocycles. The number of alkyl halides is 1. The van der Waals surface area contributed by atoms with Crippen LogP contribution in [-0.4, -0.2) is 75.3 Å². The van der Waals surface area contributed by atoms with Crippen LogP contribution < -0.4 is 4.74 Å². The average Bonchev–Trinajstić information content (AvgIpc) is 3.48.